The predicted molar refractivity (Wildman–Crippen MR) is 217 cm³/mol. The monoisotopic (exact) mass is 759 g/mol. The van der Waals surface area contributed by atoms with Gasteiger partial charge in [-0.25, -0.2) is 0 Å². The minimum absolute atomic E-state index is 0. The molecular formula is C44H43Cl2SiZr. The minimum atomic E-state index is 0. The van der Waals surface area contributed by atoms with Crippen molar-refractivity contribution in [2.45, 2.75) is 34.1 Å². The van der Waals surface area contributed by atoms with Crippen LogP contribution in [-0.2, 0) is 26.2 Å². The van der Waals surface area contributed by atoms with Gasteiger partial charge in [0.15, 0.2) is 0 Å². The number of hydrogen-bond donors (Lipinski definition) is 0. The van der Waals surface area contributed by atoms with Crippen LogP contribution in [0, 0.1) is 21.3 Å². The second-order valence-electron chi connectivity index (χ2n) is 11.4. The molecule has 0 bridgehead atoms. The molecule has 0 heterocycles. The molecule has 241 valence electrons. The van der Waals surface area contributed by atoms with E-state index < -0.39 is 0 Å². The topological polar surface area (TPSA) is 0 Å². The van der Waals surface area contributed by atoms with E-state index in [1.54, 1.807) is 0 Å². The van der Waals surface area contributed by atoms with Gasteiger partial charge in [-0.3, -0.25) is 0 Å². The number of rotatable bonds is 2. The van der Waals surface area contributed by atoms with Gasteiger partial charge in [0.2, 0.25) is 0 Å². The van der Waals surface area contributed by atoms with Gasteiger partial charge >= 0.3 is 26.2 Å². The third-order valence-electron chi connectivity index (χ3n) is 7.95. The molecule has 0 N–H and O–H groups in total. The van der Waals surface area contributed by atoms with Crippen LogP contribution in [0.4, 0.5) is 0 Å². The Labute approximate surface area is 323 Å². The maximum atomic E-state index is 2.28. The summed E-state index contributed by atoms with van der Waals surface area (Å²) in [5.41, 5.74) is 7.94. The molecule has 0 saturated heterocycles. The normalized spacial score (nSPS) is 9.75. The van der Waals surface area contributed by atoms with Crippen LogP contribution < -0.4 is 0 Å². The van der Waals surface area contributed by atoms with E-state index in [0.29, 0.717) is 0 Å². The molecular weight excluding hydrogens is 719 g/mol. The van der Waals surface area contributed by atoms with E-state index in [1.807, 2.05) is 0 Å². The average molecular weight is 762 g/mol. The molecule has 0 aromatic heterocycles. The first-order valence-electron chi connectivity index (χ1n) is 15.4. The Bertz CT molecular complexity index is 2010. The van der Waals surface area contributed by atoms with Crippen molar-refractivity contribution < 1.29 is 26.2 Å². The second-order valence-corrected chi connectivity index (χ2v) is 11.4. The summed E-state index contributed by atoms with van der Waals surface area (Å²) in [4.78, 5) is 0. The first-order valence-corrected chi connectivity index (χ1v) is 15.4. The molecule has 4 heteroatoms. The van der Waals surface area contributed by atoms with Crippen LogP contribution in [-0.4, -0.2) is 11.0 Å². The Balaban J connectivity index is 0.000000405. The number of fused-ring (bicyclic) bond motifs is 4. The van der Waals surface area contributed by atoms with Crippen LogP contribution in [0.15, 0.2) is 146 Å². The molecule has 0 spiro atoms. The van der Waals surface area contributed by atoms with Crippen LogP contribution in [0.5, 0.6) is 0 Å². The molecule has 0 nitrogen and oxygen atoms in total. The Hall–Kier alpha value is -3.26. The van der Waals surface area contributed by atoms with E-state index in [1.165, 1.54) is 82.9 Å². The van der Waals surface area contributed by atoms with Crippen LogP contribution in [0.2, 0.25) is 0 Å². The molecule has 0 aliphatic carbocycles. The van der Waals surface area contributed by atoms with E-state index in [9.17, 15) is 0 Å². The fourth-order valence-electron chi connectivity index (χ4n) is 6.16. The van der Waals surface area contributed by atoms with E-state index in [-0.39, 0.29) is 69.4 Å². The number of benzene rings is 6. The van der Waals surface area contributed by atoms with Crippen LogP contribution >= 0.6 is 24.8 Å². The second kappa shape index (κ2) is 19.7. The predicted octanol–water partition coefficient (Wildman–Crippen LogP) is 13.7. The first kappa shape index (κ1) is 42.8. The quantitative estimate of drug-likeness (QED) is 0.122. The molecule has 48 heavy (non-hydrogen) atoms. The minimum Gasteiger partial charge on any atom is -0.358 e. The average Bonchev–Trinajstić information content (AvgIpc) is 3.62. The van der Waals surface area contributed by atoms with Gasteiger partial charge in [0, 0.05) is 11.0 Å². The van der Waals surface area contributed by atoms with Gasteiger partial charge in [-0.1, -0.05) is 142 Å². The van der Waals surface area contributed by atoms with Crippen LogP contribution in [0.1, 0.15) is 31.4 Å². The molecule has 8 aromatic rings. The summed E-state index contributed by atoms with van der Waals surface area (Å²) in [7, 11) is 0. The van der Waals surface area contributed by atoms with Gasteiger partial charge in [-0.05, 0) is 32.7 Å². The van der Waals surface area contributed by atoms with Gasteiger partial charge in [-0.2, -0.15) is 12.1 Å². The third kappa shape index (κ3) is 9.04. The van der Waals surface area contributed by atoms with Crippen LogP contribution in [0.3, 0.4) is 0 Å². The van der Waals surface area contributed by atoms with Crippen molar-refractivity contribution in [2.24, 2.45) is 0 Å². The maximum absolute atomic E-state index is 2.28. The zero-order chi connectivity index (χ0) is 29.8. The summed E-state index contributed by atoms with van der Waals surface area (Å²) in [6.45, 7) is 8.57. The number of hydrogen-bond acceptors (Lipinski definition) is 0. The fraction of sp³-hybridized carbons (Fsp3) is 0.114. The van der Waals surface area contributed by atoms with Crippen molar-refractivity contribution in [2.75, 3.05) is 0 Å². The molecule has 0 amide bonds. The standard InChI is InChI=1S/2C20H15.C3H8.CH3.2ClH.Si.Zr/c2*1-14-12-16-8-5-11-19(20(16)13-14)18-10-4-7-15-6-2-3-9-17(15)18;1-3-2;;;;;/h2*2-13H,1H3;3H2,1-2H3;1H3;2*1H;;/q2*-1;;-1;;;;+3. The molecule has 0 aliphatic rings. The van der Waals surface area contributed by atoms with Crippen molar-refractivity contribution in [3.63, 3.8) is 0 Å². The first-order chi connectivity index (χ1) is 21.1. The number of halogens is 2. The molecule has 8 rings (SSSR count). The molecule has 5 radical (unpaired) electrons. The molecule has 0 saturated carbocycles. The largest absolute Gasteiger partial charge is 3.00 e. The Morgan fingerprint density at radius 2 is 0.729 bits per heavy atom. The van der Waals surface area contributed by atoms with Crippen molar-refractivity contribution in [1.82, 2.24) is 0 Å². The van der Waals surface area contributed by atoms with E-state index in [2.05, 4.69) is 173 Å². The van der Waals surface area contributed by atoms with Gasteiger partial charge in [0.05, 0.1) is 0 Å². The Morgan fingerprint density at radius 3 is 1.10 bits per heavy atom. The Morgan fingerprint density at radius 1 is 0.438 bits per heavy atom. The summed E-state index contributed by atoms with van der Waals surface area (Å²) in [5, 5.41) is 10.6. The van der Waals surface area contributed by atoms with Gasteiger partial charge in [-0.15, -0.1) is 93.9 Å². The molecule has 0 unspecified atom stereocenters. The molecule has 0 aliphatic heterocycles. The summed E-state index contributed by atoms with van der Waals surface area (Å²) in [6, 6.07) is 52.5. The Kier molecular flexibility index (Phi) is 17.5. The molecule has 0 fully saturated rings. The van der Waals surface area contributed by atoms with E-state index in [0.717, 1.165) is 0 Å². The summed E-state index contributed by atoms with van der Waals surface area (Å²) < 4.78 is 0. The van der Waals surface area contributed by atoms with Gasteiger partial charge in [0.25, 0.3) is 0 Å². The zero-order valence-corrected chi connectivity index (χ0v) is 33.5. The van der Waals surface area contributed by atoms with Crippen molar-refractivity contribution in [1.29, 1.82) is 0 Å². The molecule has 0 atom stereocenters. The zero-order valence-electron chi connectivity index (χ0n) is 28.4. The number of aryl methyl sites for hydroxylation is 2. The van der Waals surface area contributed by atoms with Crippen molar-refractivity contribution >= 4 is 78.9 Å². The van der Waals surface area contributed by atoms with E-state index in [4.69, 9.17) is 0 Å². The van der Waals surface area contributed by atoms with Crippen molar-refractivity contribution in [3.8, 4) is 22.3 Å². The van der Waals surface area contributed by atoms with Gasteiger partial charge < -0.3 is 7.43 Å². The summed E-state index contributed by atoms with van der Waals surface area (Å²) >= 11 is 0. The SMILES string of the molecule is CCC.Cc1cc2c(-c3cccc4ccccc34)cccc2[cH-]1.Cc1cc2c(-c3cccc4ccccc34)cccc2[cH-]1.Cl.Cl.[CH3-].[Si].[Zr+3]. The van der Waals surface area contributed by atoms with E-state index >= 15 is 0 Å². The maximum Gasteiger partial charge on any atom is 3.00 e. The molecule has 8 aromatic carbocycles. The van der Waals surface area contributed by atoms with Gasteiger partial charge in [0.1, 0.15) is 0 Å². The fourth-order valence-corrected chi connectivity index (χ4v) is 6.16. The smallest absolute Gasteiger partial charge is 0.358 e. The van der Waals surface area contributed by atoms with Crippen molar-refractivity contribution in [3.05, 3.63) is 164 Å². The summed E-state index contributed by atoms with van der Waals surface area (Å²) in [6.07, 6.45) is 1.25. The van der Waals surface area contributed by atoms with Crippen LogP contribution in [0.25, 0.3) is 65.3 Å². The summed E-state index contributed by atoms with van der Waals surface area (Å²) in [5.74, 6) is 0. The third-order valence-corrected chi connectivity index (χ3v) is 7.95.